The van der Waals surface area contributed by atoms with E-state index in [1.165, 1.54) is 36.6 Å². The zero-order chi connectivity index (χ0) is 14.7. The molecule has 1 aromatic carbocycles. The maximum Gasteiger partial charge on any atom is 0.337 e. The Hall–Kier alpha value is -1.92. The third-order valence-electron chi connectivity index (χ3n) is 2.59. The van der Waals surface area contributed by atoms with E-state index in [-0.39, 0.29) is 5.91 Å². The van der Waals surface area contributed by atoms with Crippen LogP contribution >= 0.6 is 22.9 Å². The number of methoxy groups -OCH3 is 1. The number of esters is 1. The molecule has 0 atom stereocenters. The Morgan fingerprint density at radius 2 is 2.15 bits per heavy atom. The van der Waals surface area contributed by atoms with Gasteiger partial charge in [0, 0.05) is 0 Å². The van der Waals surface area contributed by atoms with Gasteiger partial charge in [0.1, 0.15) is 4.88 Å². The molecule has 0 unspecified atom stereocenters. The van der Waals surface area contributed by atoms with Crippen LogP contribution in [0.25, 0.3) is 0 Å². The van der Waals surface area contributed by atoms with Crippen LogP contribution in [-0.4, -0.2) is 24.0 Å². The predicted octanol–water partition coefficient (Wildman–Crippen LogP) is 3.14. The third kappa shape index (κ3) is 2.97. The van der Waals surface area contributed by atoms with E-state index in [0.29, 0.717) is 26.8 Å². The standard InChI is InChI=1S/C13H11ClN2O3S/c1-7-11(20-6-15-7)12(17)16-10-5-8(13(18)19-2)3-4-9(10)14/h3-6H,1-2H3,(H,16,17). The number of thiazole rings is 1. The zero-order valence-electron chi connectivity index (χ0n) is 10.8. The Kier molecular flexibility index (Phi) is 4.36. The van der Waals surface area contributed by atoms with Crippen LogP contribution in [0.15, 0.2) is 23.7 Å². The normalized spacial score (nSPS) is 10.2. The van der Waals surface area contributed by atoms with Crippen molar-refractivity contribution in [3.8, 4) is 0 Å². The molecule has 1 aromatic heterocycles. The number of rotatable bonds is 3. The highest BCUT2D eigenvalue weighted by molar-refractivity contribution is 7.12. The topological polar surface area (TPSA) is 68.3 Å². The number of hydrogen-bond donors (Lipinski definition) is 1. The quantitative estimate of drug-likeness (QED) is 0.884. The second-order valence-corrected chi connectivity index (χ2v) is 5.17. The summed E-state index contributed by atoms with van der Waals surface area (Å²) in [5.74, 6) is -0.806. The minimum absolute atomic E-state index is 0.311. The van der Waals surface area contributed by atoms with Crippen molar-refractivity contribution in [2.24, 2.45) is 0 Å². The first kappa shape index (κ1) is 14.5. The number of nitrogens with zero attached hydrogens (tertiary/aromatic N) is 1. The van der Waals surface area contributed by atoms with E-state index < -0.39 is 5.97 Å². The lowest BCUT2D eigenvalue weighted by molar-refractivity contribution is 0.0600. The van der Waals surface area contributed by atoms with Crippen molar-refractivity contribution >= 4 is 40.5 Å². The van der Waals surface area contributed by atoms with E-state index in [4.69, 9.17) is 11.6 Å². The third-order valence-corrected chi connectivity index (χ3v) is 3.84. The Labute approximate surface area is 124 Å². The molecule has 0 fully saturated rings. The lowest BCUT2D eigenvalue weighted by Crippen LogP contribution is -2.13. The number of ether oxygens (including phenoxy) is 1. The number of aryl methyl sites for hydroxylation is 1. The van der Waals surface area contributed by atoms with E-state index in [1.54, 1.807) is 12.4 Å². The summed E-state index contributed by atoms with van der Waals surface area (Å²) in [5.41, 5.74) is 2.91. The molecule has 0 saturated heterocycles. The molecule has 1 N–H and O–H groups in total. The molecule has 0 saturated carbocycles. The van der Waals surface area contributed by atoms with Crippen molar-refractivity contribution < 1.29 is 14.3 Å². The van der Waals surface area contributed by atoms with Gasteiger partial charge in [-0.15, -0.1) is 11.3 Å². The Morgan fingerprint density at radius 1 is 1.40 bits per heavy atom. The predicted molar refractivity (Wildman–Crippen MR) is 77.6 cm³/mol. The highest BCUT2D eigenvalue weighted by Gasteiger charge is 2.15. The zero-order valence-corrected chi connectivity index (χ0v) is 12.3. The van der Waals surface area contributed by atoms with Gasteiger partial charge in [-0.1, -0.05) is 11.6 Å². The monoisotopic (exact) mass is 310 g/mol. The summed E-state index contributed by atoms with van der Waals surface area (Å²) in [6, 6.07) is 4.53. The number of benzene rings is 1. The van der Waals surface area contributed by atoms with Crippen molar-refractivity contribution in [2.45, 2.75) is 6.92 Å². The number of halogens is 1. The van der Waals surface area contributed by atoms with Crippen molar-refractivity contribution in [3.05, 3.63) is 44.9 Å². The van der Waals surface area contributed by atoms with Gasteiger partial charge in [-0.05, 0) is 25.1 Å². The van der Waals surface area contributed by atoms with Crippen LogP contribution in [0, 0.1) is 6.92 Å². The van der Waals surface area contributed by atoms with E-state index >= 15 is 0 Å². The smallest absolute Gasteiger partial charge is 0.337 e. The van der Waals surface area contributed by atoms with E-state index in [2.05, 4.69) is 15.0 Å². The molecule has 0 bridgehead atoms. The molecular weight excluding hydrogens is 300 g/mol. The van der Waals surface area contributed by atoms with Gasteiger partial charge in [-0.2, -0.15) is 0 Å². The number of anilines is 1. The highest BCUT2D eigenvalue weighted by atomic mass is 35.5. The fourth-order valence-corrected chi connectivity index (χ4v) is 2.43. The summed E-state index contributed by atoms with van der Waals surface area (Å²) in [7, 11) is 1.29. The highest BCUT2D eigenvalue weighted by Crippen LogP contribution is 2.25. The number of hydrogen-bond acceptors (Lipinski definition) is 5. The van der Waals surface area contributed by atoms with Crippen LogP contribution in [0.4, 0.5) is 5.69 Å². The van der Waals surface area contributed by atoms with Crippen LogP contribution in [0.5, 0.6) is 0 Å². The lowest BCUT2D eigenvalue weighted by atomic mass is 10.2. The van der Waals surface area contributed by atoms with Gasteiger partial charge in [0.2, 0.25) is 0 Å². The minimum atomic E-state index is -0.494. The fraction of sp³-hybridized carbons (Fsp3) is 0.154. The van der Waals surface area contributed by atoms with Crippen molar-refractivity contribution in [1.29, 1.82) is 0 Å². The summed E-state index contributed by atoms with van der Waals surface area (Å²) >= 11 is 7.25. The van der Waals surface area contributed by atoms with Crippen LogP contribution in [0.2, 0.25) is 5.02 Å². The average Bonchev–Trinajstić information content (AvgIpc) is 2.86. The van der Waals surface area contributed by atoms with Crippen LogP contribution < -0.4 is 5.32 Å². The minimum Gasteiger partial charge on any atom is -0.465 e. The number of carbonyl (C=O) groups is 2. The van der Waals surface area contributed by atoms with Crippen molar-refractivity contribution in [2.75, 3.05) is 12.4 Å². The molecule has 2 rings (SSSR count). The average molecular weight is 311 g/mol. The molecule has 0 aliphatic heterocycles. The SMILES string of the molecule is COC(=O)c1ccc(Cl)c(NC(=O)c2scnc2C)c1. The first-order chi connectivity index (χ1) is 9.52. The molecule has 0 spiro atoms. The number of aromatic nitrogens is 1. The molecule has 0 aliphatic carbocycles. The lowest BCUT2D eigenvalue weighted by Gasteiger charge is -2.08. The first-order valence-corrected chi connectivity index (χ1v) is 6.88. The van der Waals surface area contributed by atoms with Crippen LogP contribution in [-0.2, 0) is 4.74 Å². The molecule has 0 aliphatic rings. The number of nitrogens with one attached hydrogen (secondary N) is 1. The van der Waals surface area contributed by atoms with E-state index in [1.807, 2.05) is 0 Å². The van der Waals surface area contributed by atoms with Gasteiger partial charge >= 0.3 is 5.97 Å². The van der Waals surface area contributed by atoms with E-state index in [0.717, 1.165) is 0 Å². The van der Waals surface area contributed by atoms with Crippen molar-refractivity contribution in [3.63, 3.8) is 0 Å². The fourth-order valence-electron chi connectivity index (χ4n) is 1.56. The molecule has 2 aromatic rings. The Morgan fingerprint density at radius 3 is 2.75 bits per heavy atom. The summed E-state index contributed by atoms with van der Waals surface area (Å²) in [6.07, 6.45) is 0. The summed E-state index contributed by atoms with van der Waals surface area (Å²) in [5, 5.41) is 3.01. The molecule has 5 nitrogen and oxygen atoms in total. The van der Waals surface area contributed by atoms with Gasteiger partial charge in [0.25, 0.3) is 5.91 Å². The van der Waals surface area contributed by atoms with Crippen LogP contribution in [0.1, 0.15) is 25.7 Å². The number of carbonyl (C=O) groups excluding carboxylic acids is 2. The molecule has 1 amide bonds. The molecular formula is C13H11ClN2O3S. The molecule has 1 heterocycles. The Bertz CT molecular complexity index is 669. The van der Waals surface area contributed by atoms with Gasteiger partial charge in [0.15, 0.2) is 0 Å². The van der Waals surface area contributed by atoms with Gasteiger partial charge < -0.3 is 10.1 Å². The second kappa shape index (κ2) is 6.02. The van der Waals surface area contributed by atoms with E-state index in [9.17, 15) is 9.59 Å². The van der Waals surface area contributed by atoms with Crippen molar-refractivity contribution in [1.82, 2.24) is 4.98 Å². The summed E-state index contributed by atoms with van der Waals surface area (Å²) in [4.78, 5) is 28.1. The maximum atomic E-state index is 12.1. The van der Waals surface area contributed by atoms with Crippen LogP contribution in [0.3, 0.4) is 0 Å². The summed E-state index contributed by atoms with van der Waals surface area (Å²) in [6.45, 7) is 1.75. The Balaban J connectivity index is 2.27. The van der Waals surface area contributed by atoms with Gasteiger partial charge in [0.05, 0.1) is 34.6 Å². The largest absolute Gasteiger partial charge is 0.465 e. The molecule has 20 heavy (non-hydrogen) atoms. The molecule has 104 valence electrons. The number of amides is 1. The molecule has 0 radical (unpaired) electrons. The first-order valence-electron chi connectivity index (χ1n) is 5.62. The van der Waals surface area contributed by atoms with Gasteiger partial charge in [-0.25, -0.2) is 9.78 Å². The maximum absolute atomic E-state index is 12.1. The van der Waals surface area contributed by atoms with Gasteiger partial charge in [-0.3, -0.25) is 4.79 Å². The summed E-state index contributed by atoms with van der Waals surface area (Å²) < 4.78 is 4.62. The second-order valence-electron chi connectivity index (χ2n) is 3.91. The molecule has 7 heteroatoms.